The third-order valence-corrected chi connectivity index (χ3v) is 3.50. The van der Waals surface area contributed by atoms with Crippen LogP contribution in [-0.2, 0) is 16.1 Å². The van der Waals surface area contributed by atoms with E-state index in [0.29, 0.717) is 13.1 Å². The molecule has 5 heteroatoms. The van der Waals surface area contributed by atoms with Gasteiger partial charge >= 0.3 is 0 Å². The Bertz CT molecular complexity index is 484. The number of rotatable bonds is 8. The summed E-state index contributed by atoms with van der Waals surface area (Å²) in [5.74, 6) is -0.502. The molecular weight excluding hydrogens is 278 g/mol. The Balaban J connectivity index is 2.42. The molecule has 0 saturated heterocycles. The molecule has 5 nitrogen and oxygen atoms in total. The summed E-state index contributed by atoms with van der Waals surface area (Å²) in [5.41, 5.74) is -0.0644. The van der Waals surface area contributed by atoms with E-state index < -0.39 is 5.41 Å². The number of nitrogens with zero attached hydrogens (tertiary/aromatic N) is 1. The normalized spacial score (nSPS) is 11.3. The van der Waals surface area contributed by atoms with E-state index in [0.717, 1.165) is 18.5 Å². The third kappa shape index (κ3) is 5.85. The van der Waals surface area contributed by atoms with Gasteiger partial charge in [0, 0.05) is 13.1 Å². The first-order chi connectivity index (χ1) is 10.3. The lowest BCUT2D eigenvalue weighted by Crippen LogP contribution is -2.48. The highest BCUT2D eigenvalue weighted by molar-refractivity contribution is 6.04. The smallest absolute Gasteiger partial charge is 0.235 e. The fourth-order valence-corrected chi connectivity index (χ4v) is 1.92. The number of carbonyl (C=O) groups excluding carboxylic acids is 2. The number of hydrogen-bond acceptors (Lipinski definition) is 3. The van der Waals surface area contributed by atoms with Gasteiger partial charge in [0.25, 0.3) is 0 Å². The van der Waals surface area contributed by atoms with Gasteiger partial charge in [0.1, 0.15) is 5.41 Å². The SMILES string of the molecule is CN(C)CCCNC(=O)C(C)(C)C(=O)NCc1ccccc1. The Morgan fingerprint density at radius 1 is 1.05 bits per heavy atom. The lowest BCUT2D eigenvalue weighted by atomic mass is 9.91. The molecule has 0 saturated carbocycles. The van der Waals surface area contributed by atoms with E-state index in [-0.39, 0.29) is 11.8 Å². The first-order valence-corrected chi connectivity index (χ1v) is 7.59. The van der Waals surface area contributed by atoms with Crippen molar-refractivity contribution >= 4 is 11.8 Å². The molecule has 0 unspecified atom stereocenters. The van der Waals surface area contributed by atoms with Gasteiger partial charge < -0.3 is 15.5 Å². The molecule has 2 N–H and O–H groups in total. The minimum absolute atomic E-state index is 0.239. The Morgan fingerprint density at radius 3 is 2.23 bits per heavy atom. The van der Waals surface area contributed by atoms with Crippen LogP contribution in [0.4, 0.5) is 0 Å². The molecule has 0 aliphatic carbocycles. The molecule has 0 radical (unpaired) electrons. The lowest BCUT2D eigenvalue weighted by molar-refractivity contribution is -0.141. The second kappa shape index (κ2) is 8.54. The zero-order valence-electron chi connectivity index (χ0n) is 14.0. The monoisotopic (exact) mass is 305 g/mol. The van der Waals surface area contributed by atoms with Crippen LogP contribution in [0.25, 0.3) is 0 Å². The molecule has 22 heavy (non-hydrogen) atoms. The van der Waals surface area contributed by atoms with Gasteiger partial charge in [-0.3, -0.25) is 9.59 Å². The molecule has 0 aliphatic rings. The summed E-state index contributed by atoms with van der Waals surface area (Å²) in [6, 6.07) is 9.65. The van der Waals surface area contributed by atoms with Crippen molar-refractivity contribution in [1.29, 1.82) is 0 Å². The van der Waals surface area contributed by atoms with Crippen molar-refractivity contribution in [2.24, 2.45) is 5.41 Å². The standard InChI is InChI=1S/C17H27N3O2/c1-17(2,15(21)18-11-8-12-20(3)4)16(22)19-13-14-9-6-5-7-10-14/h5-7,9-10H,8,11-13H2,1-4H3,(H,18,21)(H,19,22). The molecule has 0 aliphatic heterocycles. The van der Waals surface area contributed by atoms with Gasteiger partial charge in [0.05, 0.1) is 0 Å². The highest BCUT2D eigenvalue weighted by atomic mass is 16.2. The summed E-state index contributed by atoms with van der Waals surface area (Å²) < 4.78 is 0. The van der Waals surface area contributed by atoms with Crippen LogP contribution in [0.15, 0.2) is 30.3 Å². The highest BCUT2D eigenvalue weighted by Crippen LogP contribution is 2.15. The maximum Gasteiger partial charge on any atom is 0.235 e. The zero-order valence-corrected chi connectivity index (χ0v) is 14.0. The summed E-state index contributed by atoms with van der Waals surface area (Å²) in [4.78, 5) is 26.5. The summed E-state index contributed by atoms with van der Waals surface area (Å²) in [5, 5.41) is 5.65. The number of nitrogens with one attached hydrogen (secondary N) is 2. The molecule has 0 fully saturated rings. The molecule has 1 aromatic rings. The largest absolute Gasteiger partial charge is 0.355 e. The van der Waals surface area contributed by atoms with Gasteiger partial charge in [-0.1, -0.05) is 30.3 Å². The lowest BCUT2D eigenvalue weighted by Gasteiger charge is -2.23. The van der Waals surface area contributed by atoms with E-state index in [2.05, 4.69) is 15.5 Å². The fraction of sp³-hybridized carbons (Fsp3) is 0.529. The minimum Gasteiger partial charge on any atom is -0.355 e. The molecule has 122 valence electrons. The van der Waals surface area contributed by atoms with Gasteiger partial charge in [-0.25, -0.2) is 0 Å². The summed E-state index contributed by atoms with van der Waals surface area (Å²) in [6.45, 7) is 5.20. The molecule has 0 atom stereocenters. The van der Waals surface area contributed by atoms with E-state index in [4.69, 9.17) is 0 Å². The van der Waals surface area contributed by atoms with E-state index in [1.165, 1.54) is 0 Å². The zero-order chi connectivity index (χ0) is 16.6. The maximum absolute atomic E-state index is 12.2. The number of carbonyl (C=O) groups is 2. The average Bonchev–Trinajstić information content (AvgIpc) is 2.49. The van der Waals surface area contributed by atoms with Crippen LogP contribution in [0, 0.1) is 5.41 Å². The van der Waals surface area contributed by atoms with E-state index in [9.17, 15) is 9.59 Å². The molecular formula is C17H27N3O2. The molecule has 1 rings (SSSR count). The molecule has 0 spiro atoms. The van der Waals surface area contributed by atoms with E-state index >= 15 is 0 Å². The van der Waals surface area contributed by atoms with Gasteiger partial charge in [0.2, 0.25) is 11.8 Å². The fourth-order valence-electron chi connectivity index (χ4n) is 1.92. The van der Waals surface area contributed by atoms with Crippen molar-refractivity contribution in [3.8, 4) is 0 Å². The highest BCUT2D eigenvalue weighted by Gasteiger charge is 2.35. The van der Waals surface area contributed by atoms with Crippen molar-refractivity contribution in [1.82, 2.24) is 15.5 Å². The van der Waals surface area contributed by atoms with Crippen LogP contribution >= 0.6 is 0 Å². The van der Waals surface area contributed by atoms with Crippen molar-refractivity contribution in [2.75, 3.05) is 27.2 Å². The molecule has 2 amide bonds. The van der Waals surface area contributed by atoms with Crippen LogP contribution in [0.2, 0.25) is 0 Å². The first kappa shape index (κ1) is 18.2. The number of hydrogen-bond donors (Lipinski definition) is 2. The summed E-state index contributed by atoms with van der Waals surface area (Å²) >= 11 is 0. The minimum atomic E-state index is -1.08. The number of amides is 2. The quantitative estimate of drug-likeness (QED) is 0.564. The summed E-state index contributed by atoms with van der Waals surface area (Å²) in [7, 11) is 3.98. The number of benzene rings is 1. The third-order valence-electron chi connectivity index (χ3n) is 3.50. The van der Waals surface area contributed by atoms with Crippen molar-refractivity contribution in [2.45, 2.75) is 26.8 Å². The molecule has 0 bridgehead atoms. The van der Waals surface area contributed by atoms with Crippen molar-refractivity contribution in [3.63, 3.8) is 0 Å². The van der Waals surface area contributed by atoms with Crippen LogP contribution in [0.5, 0.6) is 0 Å². The Morgan fingerprint density at radius 2 is 1.64 bits per heavy atom. The molecule has 0 aromatic heterocycles. The first-order valence-electron chi connectivity index (χ1n) is 7.59. The van der Waals surface area contributed by atoms with Crippen LogP contribution in [0.3, 0.4) is 0 Å². The summed E-state index contributed by atoms with van der Waals surface area (Å²) in [6.07, 6.45) is 0.862. The van der Waals surface area contributed by atoms with Gasteiger partial charge in [0.15, 0.2) is 0 Å². The van der Waals surface area contributed by atoms with Gasteiger partial charge in [-0.2, -0.15) is 0 Å². The Hall–Kier alpha value is -1.88. The van der Waals surface area contributed by atoms with Crippen LogP contribution in [-0.4, -0.2) is 43.9 Å². The van der Waals surface area contributed by atoms with E-state index in [1.54, 1.807) is 13.8 Å². The van der Waals surface area contributed by atoms with Crippen LogP contribution in [0.1, 0.15) is 25.8 Å². The topological polar surface area (TPSA) is 61.4 Å². The van der Waals surface area contributed by atoms with Gasteiger partial charge in [-0.05, 0) is 46.5 Å². The van der Waals surface area contributed by atoms with Crippen molar-refractivity contribution < 1.29 is 9.59 Å². The average molecular weight is 305 g/mol. The second-order valence-electron chi connectivity index (χ2n) is 6.21. The predicted octanol–water partition coefficient (Wildman–Crippen LogP) is 1.40. The molecule has 1 aromatic carbocycles. The maximum atomic E-state index is 12.2. The van der Waals surface area contributed by atoms with Gasteiger partial charge in [-0.15, -0.1) is 0 Å². The molecule has 0 heterocycles. The Kier molecular flexibility index (Phi) is 7.05. The Labute approximate surface area is 133 Å². The second-order valence-corrected chi connectivity index (χ2v) is 6.21. The predicted molar refractivity (Wildman–Crippen MR) is 88.3 cm³/mol. The van der Waals surface area contributed by atoms with Crippen molar-refractivity contribution in [3.05, 3.63) is 35.9 Å². The van der Waals surface area contributed by atoms with E-state index in [1.807, 2.05) is 44.4 Å². The van der Waals surface area contributed by atoms with Crippen LogP contribution < -0.4 is 10.6 Å².